The summed E-state index contributed by atoms with van der Waals surface area (Å²) < 4.78 is 4.69. The predicted octanol–water partition coefficient (Wildman–Crippen LogP) is 0.719. The van der Waals surface area contributed by atoms with Crippen LogP contribution in [0.2, 0.25) is 0 Å². The summed E-state index contributed by atoms with van der Waals surface area (Å²) in [4.78, 5) is 10.8. The van der Waals surface area contributed by atoms with Gasteiger partial charge in [0.15, 0.2) is 0 Å². The summed E-state index contributed by atoms with van der Waals surface area (Å²) in [5.41, 5.74) is 0. The minimum absolute atomic E-state index is 0.300. The zero-order valence-corrected chi connectivity index (χ0v) is 8.09. The SMILES string of the molecule is CC#CCNC/C=C/C(=O)OCC. The maximum absolute atomic E-state index is 10.8. The van der Waals surface area contributed by atoms with Crippen molar-refractivity contribution in [2.75, 3.05) is 19.7 Å². The zero-order valence-electron chi connectivity index (χ0n) is 8.09. The molecular weight excluding hydrogens is 166 g/mol. The largest absolute Gasteiger partial charge is 0.463 e. The van der Waals surface area contributed by atoms with E-state index in [2.05, 4.69) is 21.9 Å². The molecule has 0 unspecified atom stereocenters. The van der Waals surface area contributed by atoms with Crippen LogP contribution < -0.4 is 5.32 Å². The fourth-order valence-electron chi connectivity index (χ4n) is 0.652. The number of carbonyl (C=O) groups excluding carboxylic acids is 1. The molecule has 0 aliphatic rings. The van der Waals surface area contributed by atoms with Gasteiger partial charge in [0.2, 0.25) is 0 Å². The Balaban J connectivity index is 3.38. The average Bonchev–Trinajstić information content (AvgIpc) is 2.11. The Kier molecular flexibility index (Phi) is 7.96. The van der Waals surface area contributed by atoms with Gasteiger partial charge in [-0.3, -0.25) is 0 Å². The van der Waals surface area contributed by atoms with Gasteiger partial charge < -0.3 is 10.1 Å². The van der Waals surface area contributed by atoms with E-state index in [0.717, 1.165) is 0 Å². The van der Waals surface area contributed by atoms with Gasteiger partial charge in [0, 0.05) is 12.6 Å². The predicted molar refractivity (Wildman–Crippen MR) is 52.1 cm³/mol. The first-order valence-electron chi connectivity index (χ1n) is 4.24. The molecular formula is C10H15NO2. The van der Waals surface area contributed by atoms with Crippen LogP contribution in [0.25, 0.3) is 0 Å². The van der Waals surface area contributed by atoms with E-state index in [4.69, 9.17) is 0 Å². The maximum atomic E-state index is 10.8. The highest BCUT2D eigenvalue weighted by atomic mass is 16.5. The summed E-state index contributed by atoms with van der Waals surface area (Å²) >= 11 is 0. The molecule has 3 nitrogen and oxygen atoms in total. The molecule has 0 bridgehead atoms. The fraction of sp³-hybridized carbons (Fsp3) is 0.500. The third-order valence-electron chi connectivity index (χ3n) is 1.19. The van der Waals surface area contributed by atoms with Gasteiger partial charge in [-0.2, -0.15) is 0 Å². The second-order valence-corrected chi connectivity index (χ2v) is 2.21. The number of hydrogen-bond acceptors (Lipinski definition) is 3. The third kappa shape index (κ3) is 8.64. The average molecular weight is 181 g/mol. The zero-order chi connectivity index (χ0) is 9.94. The second-order valence-electron chi connectivity index (χ2n) is 2.21. The number of carbonyl (C=O) groups is 1. The number of nitrogens with one attached hydrogen (secondary N) is 1. The quantitative estimate of drug-likeness (QED) is 0.294. The summed E-state index contributed by atoms with van der Waals surface area (Å²) in [7, 11) is 0. The minimum atomic E-state index is -0.300. The van der Waals surface area contributed by atoms with E-state index in [1.54, 1.807) is 19.9 Å². The van der Waals surface area contributed by atoms with E-state index in [-0.39, 0.29) is 5.97 Å². The Morgan fingerprint density at radius 2 is 2.38 bits per heavy atom. The normalized spacial score (nSPS) is 9.38. The molecule has 13 heavy (non-hydrogen) atoms. The molecule has 0 saturated carbocycles. The molecule has 0 radical (unpaired) electrons. The number of esters is 1. The van der Waals surface area contributed by atoms with E-state index in [9.17, 15) is 4.79 Å². The van der Waals surface area contributed by atoms with Crippen molar-refractivity contribution >= 4 is 5.97 Å². The molecule has 1 N–H and O–H groups in total. The maximum Gasteiger partial charge on any atom is 0.330 e. The summed E-state index contributed by atoms with van der Waals surface area (Å²) in [5.74, 6) is 5.31. The summed E-state index contributed by atoms with van der Waals surface area (Å²) in [5, 5.41) is 3.02. The van der Waals surface area contributed by atoms with Crippen molar-refractivity contribution in [2.24, 2.45) is 0 Å². The Morgan fingerprint density at radius 1 is 1.62 bits per heavy atom. The second kappa shape index (κ2) is 8.82. The van der Waals surface area contributed by atoms with Crippen LogP contribution in [-0.4, -0.2) is 25.7 Å². The molecule has 0 aromatic carbocycles. The molecule has 0 aliphatic heterocycles. The molecule has 0 heterocycles. The van der Waals surface area contributed by atoms with Crippen LogP contribution in [0.4, 0.5) is 0 Å². The third-order valence-corrected chi connectivity index (χ3v) is 1.19. The van der Waals surface area contributed by atoms with Gasteiger partial charge in [0.05, 0.1) is 13.2 Å². The lowest BCUT2D eigenvalue weighted by atomic mass is 10.4. The molecule has 0 aromatic rings. The van der Waals surface area contributed by atoms with Crippen LogP contribution in [0.15, 0.2) is 12.2 Å². The summed E-state index contributed by atoms with van der Waals surface area (Å²) in [6.45, 7) is 5.26. The van der Waals surface area contributed by atoms with Crippen molar-refractivity contribution in [3.8, 4) is 11.8 Å². The lowest BCUT2D eigenvalue weighted by molar-refractivity contribution is -0.137. The van der Waals surface area contributed by atoms with Gasteiger partial charge in [0.1, 0.15) is 0 Å². The van der Waals surface area contributed by atoms with Gasteiger partial charge in [-0.15, -0.1) is 5.92 Å². The molecule has 72 valence electrons. The Labute approximate surface area is 79.2 Å². The first-order valence-corrected chi connectivity index (χ1v) is 4.24. The Morgan fingerprint density at radius 3 is 3.00 bits per heavy atom. The van der Waals surface area contributed by atoms with Crippen LogP contribution in [0.1, 0.15) is 13.8 Å². The lowest BCUT2D eigenvalue weighted by Crippen LogP contribution is -2.13. The molecule has 0 aliphatic carbocycles. The van der Waals surface area contributed by atoms with E-state index in [1.165, 1.54) is 6.08 Å². The van der Waals surface area contributed by atoms with E-state index in [1.807, 2.05) is 0 Å². The minimum Gasteiger partial charge on any atom is -0.463 e. The smallest absolute Gasteiger partial charge is 0.330 e. The van der Waals surface area contributed by atoms with Crippen LogP contribution in [0.5, 0.6) is 0 Å². The lowest BCUT2D eigenvalue weighted by Gasteiger charge is -1.95. The van der Waals surface area contributed by atoms with E-state index >= 15 is 0 Å². The van der Waals surface area contributed by atoms with Crippen molar-refractivity contribution in [3.05, 3.63) is 12.2 Å². The number of ether oxygens (including phenoxy) is 1. The van der Waals surface area contributed by atoms with Crippen molar-refractivity contribution in [1.82, 2.24) is 5.32 Å². The molecule has 0 amide bonds. The molecule has 3 heteroatoms. The fourth-order valence-corrected chi connectivity index (χ4v) is 0.652. The molecule has 0 spiro atoms. The summed E-state index contributed by atoms with van der Waals surface area (Å²) in [6, 6.07) is 0. The monoisotopic (exact) mass is 181 g/mol. The number of hydrogen-bond donors (Lipinski definition) is 1. The van der Waals surface area contributed by atoms with Gasteiger partial charge in [0.25, 0.3) is 0 Å². The number of rotatable bonds is 5. The van der Waals surface area contributed by atoms with Gasteiger partial charge >= 0.3 is 5.97 Å². The first kappa shape index (κ1) is 11.7. The molecule has 0 saturated heterocycles. The van der Waals surface area contributed by atoms with E-state index < -0.39 is 0 Å². The van der Waals surface area contributed by atoms with Crippen LogP contribution in [0.3, 0.4) is 0 Å². The van der Waals surface area contributed by atoms with Gasteiger partial charge in [-0.05, 0) is 13.8 Å². The highest BCUT2D eigenvalue weighted by molar-refractivity contribution is 5.81. The molecule has 0 fully saturated rings. The van der Waals surface area contributed by atoms with Gasteiger partial charge in [-0.1, -0.05) is 12.0 Å². The molecule has 0 atom stereocenters. The topological polar surface area (TPSA) is 38.3 Å². The van der Waals surface area contributed by atoms with Crippen molar-refractivity contribution in [2.45, 2.75) is 13.8 Å². The summed E-state index contributed by atoms with van der Waals surface area (Å²) in [6.07, 6.45) is 3.13. The molecule has 0 aromatic heterocycles. The van der Waals surface area contributed by atoms with Crippen molar-refractivity contribution < 1.29 is 9.53 Å². The first-order chi connectivity index (χ1) is 6.31. The van der Waals surface area contributed by atoms with Crippen molar-refractivity contribution in [3.63, 3.8) is 0 Å². The van der Waals surface area contributed by atoms with Crippen LogP contribution in [0, 0.1) is 11.8 Å². The van der Waals surface area contributed by atoms with Crippen LogP contribution in [-0.2, 0) is 9.53 Å². The standard InChI is InChI=1S/C10H15NO2/c1-3-5-8-11-9-6-7-10(12)13-4-2/h6-7,11H,4,8-9H2,1-2H3/b7-6+. The van der Waals surface area contributed by atoms with Gasteiger partial charge in [-0.25, -0.2) is 4.79 Å². The Bertz CT molecular complexity index is 223. The Hall–Kier alpha value is -1.27. The molecule has 0 rings (SSSR count). The van der Waals surface area contributed by atoms with Crippen molar-refractivity contribution in [1.29, 1.82) is 0 Å². The highest BCUT2D eigenvalue weighted by Gasteiger charge is 1.90. The van der Waals surface area contributed by atoms with Crippen LogP contribution >= 0.6 is 0 Å². The van der Waals surface area contributed by atoms with E-state index in [0.29, 0.717) is 19.7 Å². The highest BCUT2D eigenvalue weighted by Crippen LogP contribution is 1.79.